The topological polar surface area (TPSA) is 58.2 Å². The Morgan fingerprint density at radius 3 is 2.41 bits per heavy atom. The zero-order valence-corrected chi connectivity index (χ0v) is 12.7. The van der Waals surface area contributed by atoms with Gasteiger partial charge in [0.1, 0.15) is 5.82 Å². The second kappa shape index (κ2) is 6.39. The maximum absolute atomic E-state index is 13.3. The Balaban J connectivity index is 2.33. The highest BCUT2D eigenvalue weighted by atomic mass is 19.1. The summed E-state index contributed by atoms with van der Waals surface area (Å²) in [5.41, 5.74) is 2.61. The molecule has 114 valence electrons. The van der Waals surface area contributed by atoms with Gasteiger partial charge in [0.15, 0.2) is 0 Å². The number of benzene rings is 2. The molecule has 4 nitrogen and oxygen atoms in total. The monoisotopic (exact) mass is 300 g/mol. The third kappa shape index (κ3) is 3.14. The summed E-state index contributed by atoms with van der Waals surface area (Å²) >= 11 is 0. The molecule has 0 aliphatic heterocycles. The Hall–Kier alpha value is -2.69. The predicted octanol–water partition coefficient (Wildman–Crippen LogP) is 3.05. The lowest BCUT2D eigenvalue weighted by Crippen LogP contribution is -2.20. The van der Waals surface area contributed by atoms with Crippen molar-refractivity contribution in [3.8, 4) is 0 Å². The molecule has 0 saturated heterocycles. The molecule has 0 unspecified atom stereocenters. The van der Waals surface area contributed by atoms with Crippen LogP contribution in [0.5, 0.6) is 0 Å². The fourth-order valence-electron chi connectivity index (χ4n) is 2.18. The second-order valence-electron chi connectivity index (χ2n) is 4.97. The van der Waals surface area contributed by atoms with E-state index in [1.54, 1.807) is 45.2 Å². The number of rotatable bonds is 3. The lowest BCUT2D eigenvalue weighted by atomic mass is 10.0. The normalized spacial score (nSPS) is 10.2. The van der Waals surface area contributed by atoms with Gasteiger partial charge in [0, 0.05) is 23.9 Å². The van der Waals surface area contributed by atoms with E-state index in [1.807, 2.05) is 0 Å². The molecule has 0 aliphatic carbocycles. The van der Waals surface area contributed by atoms with Crippen LogP contribution in [-0.2, 0) is 0 Å². The van der Waals surface area contributed by atoms with E-state index < -0.39 is 11.7 Å². The van der Waals surface area contributed by atoms with Gasteiger partial charge in [0.25, 0.3) is 11.8 Å². The predicted molar refractivity (Wildman–Crippen MR) is 83.7 cm³/mol. The van der Waals surface area contributed by atoms with E-state index in [1.165, 1.54) is 12.1 Å². The second-order valence-corrected chi connectivity index (χ2v) is 4.97. The smallest absolute Gasteiger partial charge is 0.256 e. The van der Waals surface area contributed by atoms with E-state index in [4.69, 9.17) is 0 Å². The maximum Gasteiger partial charge on any atom is 0.256 e. The van der Waals surface area contributed by atoms with Crippen molar-refractivity contribution in [3.05, 3.63) is 64.5 Å². The van der Waals surface area contributed by atoms with Crippen LogP contribution in [0.25, 0.3) is 0 Å². The van der Waals surface area contributed by atoms with Crippen molar-refractivity contribution in [2.45, 2.75) is 13.8 Å². The summed E-state index contributed by atoms with van der Waals surface area (Å²) in [4.78, 5) is 24.1. The first-order chi connectivity index (χ1) is 10.4. The number of amides is 2. The van der Waals surface area contributed by atoms with Crippen LogP contribution >= 0.6 is 0 Å². The van der Waals surface area contributed by atoms with Crippen LogP contribution in [0.2, 0.25) is 0 Å². The molecule has 0 bridgehead atoms. The van der Waals surface area contributed by atoms with Gasteiger partial charge in [-0.15, -0.1) is 0 Å². The van der Waals surface area contributed by atoms with E-state index in [0.717, 1.165) is 0 Å². The molecule has 5 heteroatoms. The quantitative estimate of drug-likeness (QED) is 0.915. The lowest BCUT2D eigenvalue weighted by molar-refractivity contribution is 0.0960. The van der Waals surface area contributed by atoms with Crippen LogP contribution in [0.1, 0.15) is 31.8 Å². The highest BCUT2D eigenvalue weighted by molar-refractivity contribution is 6.06. The van der Waals surface area contributed by atoms with Gasteiger partial charge < -0.3 is 10.6 Å². The van der Waals surface area contributed by atoms with Crippen molar-refractivity contribution in [2.75, 3.05) is 12.4 Å². The van der Waals surface area contributed by atoms with Crippen molar-refractivity contribution in [1.82, 2.24) is 5.32 Å². The molecule has 0 heterocycles. The Morgan fingerprint density at radius 1 is 1.00 bits per heavy atom. The first-order valence-electron chi connectivity index (χ1n) is 6.83. The standard InChI is InChI=1S/C17H17FN2O2/c1-10-7-8-12(18)9-14(10)17(22)20-15-6-4-5-13(11(15)2)16(21)19-3/h4-9H,1-3H3,(H,19,21)(H,20,22). The van der Waals surface area contributed by atoms with Crippen LogP contribution in [0.4, 0.5) is 10.1 Å². The fraction of sp³-hybridized carbons (Fsp3) is 0.176. The van der Waals surface area contributed by atoms with Crippen LogP contribution in [0.15, 0.2) is 36.4 Å². The summed E-state index contributed by atoms with van der Waals surface area (Å²) < 4.78 is 13.3. The summed E-state index contributed by atoms with van der Waals surface area (Å²) in [5.74, 6) is -1.10. The van der Waals surface area contributed by atoms with E-state index in [0.29, 0.717) is 22.4 Å². The summed E-state index contributed by atoms with van der Waals surface area (Å²) in [6.07, 6.45) is 0. The molecule has 0 radical (unpaired) electrons. The zero-order chi connectivity index (χ0) is 16.3. The Bertz CT molecular complexity index is 741. The Kier molecular flexibility index (Phi) is 4.56. The SMILES string of the molecule is CNC(=O)c1cccc(NC(=O)c2cc(F)ccc2C)c1C. The molecule has 0 aliphatic rings. The Labute approximate surface area is 128 Å². The van der Waals surface area contributed by atoms with Gasteiger partial charge in [-0.25, -0.2) is 4.39 Å². The average molecular weight is 300 g/mol. The highest BCUT2D eigenvalue weighted by Gasteiger charge is 2.14. The molecule has 2 aromatic carbocycles. The summed E-state index contributed by atoms with van der Waals surface area (Å²) in [5, 5.41) is 5.28. The molecule has 0 spiro atoms. The molecule has 0 aromatic heterocycles. The minimum absolute atomic E-state index is 0.226. The summed E-state index contributed by atoms with van der Waals surface area (Å²) in [6, 6.07) is 9.13. The third-order valence-electron chi connectivity index (χ3n) is 3.50. The van der Waals surface area contributed by atoms with Crippen LogP contribution in [0, 0.1) is 19.7 Å². The van der Waals surface area contributed by atoms with E-state index in [9.17, 15) is 14.0 Å². The molecular weight excluding hydrogens is 283 g/mol. The molecule has 2 amide bonds. The Morgan fingerprint density at radius 2 is 1.73 bits per heavy atom. The highest BCUT2D eigenvalue weighted by Crippen LogP contribution is 2.20. The minimum Gasteiger partial charge on any atom is -0.355 e. The number of carbonyl (C=O) groups excluding carboxylic acids is 2. The number of nitrogens with one attached hydrogen (secondary N) is 2. The molecule has 22 heavy (non-hydrogen) atoms. The van der Waals surface area contributed by atoms with E-state index >= 15 is 0 Å². The summed E-state index contributed by atoms with van der Waals surface area (Å²) in [6.45, 7) is 3.49. The van der Waals surface area contributed by atoms with Gasteiger partial charge in [-0.1, -0.05) is 12.1 Å². The molecular formula is C17H17FN2O2. The zero-order valence-electron chi connectivity index (χ0n) is 12.7. The van der Waals surface area contributed by atoms with Crippen molar-refractivity contribution in [3.63, 3.8) is 0 Å². The number of carbonyl (C=O) groups is 2. The van der Waals surface area contributed by atoms with Crippen molar-refractivity contribution in [2.24, 2.45) is 0 Å². The van der Waals surface area contributed by atoms with E-state index in [2.05, 4.69) is 10.6 Å². The first-order valence-corrected chi connectivity index (χ1v) is 6.83. The molecule has 2 rings (SSSR count). The molecule has 0 atom stereocenters. The average Bonchev–Trinajstić information content (AvgIpc) is 2.51. The maximum atomic E-state index is 13.3. The van der Waals surface area contributed by atoms with Gasteiger partial charge in [0.05, 0.1) is 0 Å². The van der Waals surface area contributed by atoms with Gasteiger partial charge >= 0.3 is 0 Å². The number of aryl methyl sites for hydroxylation is 1. The molecule has 2 N–H and O–H groups in total. The number of halogens is 1. The lowest BCUT2D eigenvalue weighted by Gasteiger charge is -2.12. The van der Waals surface area contributed by atoms with E-state index in [-0.39, 0.29) is 11.5 Å². The van der Waals surface area contributed by atoms with Gasteiger partial charge in [-0.3, -0.25) is 9.59 Å². The van der Waals surface area contributed by atoms with Crippen LogP contribution in [-0.4, -0.2) is 18.9 Å². The molecule has 0 saturated carbocycles. The van der Waals surface area contributed by atoms with Crippen molar-refractivity contribution < 1.29 is 14.0 Å². The third-order valence-corrected chi connectivity index (χ3v) is 3.50. The number of anilines is 1. The van der Waals surface area contributed by atoms with Crippen molar-refractivity contribution >= 4 is 17.5 Å². The number of hydrogen-bond donors (Lipinski definition) is 2. The fourth-order valence-corrected chi connectivity index (χ4v) is 2.18. The van der Waals surface area contributed by atoms with Gasteiger partial charge in [0.2, 0.25) is 0 Å². The van der Waals surface area contributed by atoms with Gasteiger partial charge in [-0.05, 0) is 49.2 Å². The largest absolute Gasteiger partial charge is 0.355 e. The van der Waals surface area contributed by atoms with Crippen LogP contribution in [0.3, 0.4) is 0 Å². The van der Waals surface area contributed by atoms with Crippen molar-refractivity contribution in [1.29, 1.82) is 0 Å². The summed E-state index contributed by atoms with van der Waals surface area (Å²) in [7, 11) is 1.54. The minimum atomic E-state index is -0.466. The van der Waals surface area contributed by atoms with Crippen LogP contribution < -0.4 is 10.6 Å². The molecule has 2 aromatic rings. The molecule has 0 fully saturated rings. The van der Waals surface area contributed by atoms with Gasteiger partial charge in [-0.2, -0.15) is 0 Å². The number of hydrogen-bond acceptors (Lipinski definition) is 2. The first kappa shape index (κ1) is 15.7.